The molecule has 0 radical (unpaired) electrons. The molecule has 3 atom stereocenters. The van der Waals surface area contributed by atoms with E-state index in [1.54, 1.807) is 0 Å². The molecule has 32 heavy (non-hydrogen) atoms. The normalized spacial score (nSPS) is 13.5. The van der Waals surface area contributed by atoms with Gasteiger partial charge in [0, 0.05) is 11.9 Å². The van der Waals surface area contributed by atoms with Crippen LogP contribution in [-0.4, -0.2) is 31.6 Å². The van der Waals surface area contributed by atoms with Gasteiger partial charge in [-0.25, -0.2) is 0 Å². The molecule has 180 valence electrons. The summed E-state index contributed by atoms with van der Waals surface area (Å²) in [5, 5.41) is 0.837. The van der Waals surface area contributed by atoms with E-state index in [0.29, 0.717) is 31.8 Å². The van der Waals surface area contributed by atoms with Gasteiger partial charge in [-0.3, -0.25) is 0 Å². The highest BCUT2D eigenvalue weighted by Gasteiger charge is 2.05. The standard InChI is InChI=1S/C14H22O2.C13H19BrO2/c1-5-11(3)13-7-9-14(10-8-13)16-12(4)15-6-2;1-3-11(2)12-4-6-13(7-5-12)16-10-15-9-8-14/h7-12H,5-6H2,1-4H3;4-7,11H,3,8-10H2,1-2H3. The first kappa shape index (κ1) is 28.5. The number of benzene rings is 2. The molecule has 0 heterocycles. The molecule has 3 unspecified atom stereocenters. The van der Waals surface area contributed by atoms with Gasteiger partial charge in [-0.2, -0.15) is 0 Å². The van der Waals surface area contributed by atoms with Crippen molar-refractivity contribution < 1.29 is 18.9 Å². The molecule has 5 heteroatoms. The number of alkyl halides is 1. The van der Waals surface area contributed by atoms with Crippen molar-refractivity contribution in [2.24, 2.45) is 0 Å². The molecule has 2 rings (SSSR count). The summed E-state index contributed by atoms with van der Waals surface area (Å²) in [5.74, 6) is 2.95. The first-order chi connectivity index (χ1) is 15.4. The van der Waals surface area contributed by atoms with Gasteiger partial charge in [-0.15, -0.1) is 0 Å². The molecule has 4 nitrogen and oxygen atoms in total. The lowest BCUT2D eigenvalue weighted by Gasteiger charge is -2.15. The van der Waals surface area contributed by atoms with Crippen LogP contribution in [-0.2, 0) is 9.47 Å². The van der Waals surface area contributed by atoms with Crippen LogP contribution in [0, 0.1) is 0 Å². The summed E-state index contributed by atoms with van der Waals surface area (Å²) in [4.78, 5) is 0. The van der Waals surface area contributed by atoms with E-state index in [2.05, 4.69) is 67.9 Å². The van der Waals surface area contributed by atoms with E-state index in [4.69, 9.17) is 18.9 Å². The molecule has 2 aromatic rings. The third-order valence-corrected chi connectivity index (χ3v) is 5.68. The van der Waals surface area contributed by atoms with Crippen LogP contribution in [0.15, 0.2) is 48.5 Å². The second kappa shape index (κ2) is 17.0. The Balaban J connectivity index is 0.000000320. The van der Waals surface area contributed by atoms with Crippen molar-refractivity contribution in [3.63, 3.8) is 0 Å². The summed E-state index contributed by atoms with van der Waals surface area (Å²) in [6.45, 7) is 14.4. The van der Waals surface area contributed by atoms with Gasteiger partial charge in [0.1, 0.15) is 11.5 Å². The molecule has 2 aromatic carbocycles. The van der Waals surface area contributed by atoms with E-state index in [1.165, 1.54) is 11.1 Å². The van der Waals surface area contributed by atoms with Crippen LogP contribution in [0.4, 0.5) is 0 Å². The molecule has 0 saturated heterocycles. The highest BCUT2D eigenvalue weighted by Crippen LogP contribution is 2.22. The SMILES string of the molecule is CCC(C)c1ccc(OCOCCBr)cc1.CCOC(C)Oc1ccc(C(C)CC)cc1. The fourth-order valence-electron chi connectivity index (χ4n) is 2.92. The Morgan fingerprint density at radius 1 is 0.750 bits per heavy atom. The quantitative estimate of drug-likeness (QED) is 0.156. The molecule has 0 fully saturated rings. The topological polar surface area (TPSA) is 36.9 Å². The molecule has 0 amide bonds. The maximum Gasteiger partial charge on any atom is 0.196 e. The van der Waals surface area contributed by atoms with Crippen LogP contribution in [0.1, 0.15) is 77.3 Å². The fraction of sp³-hybridized carbons (Fsp3) is 0.556. The van der Waals surface area contributed by atoms with Crippen molar-refractivity contribution in [1.82, 2.24) is 0 Å². The number of ether oxygens (including phenoxy) is 4. The minimum Gasteiger partial charge on any atom is -0.468 e. The Morgan fingerprint density at radius 2 is 1.25 bits per heavy atom. The average Bonchev–Trinajstić information content (AvgIpc) is 2.82. The molecule has 0 N–H and O–H groups in total. The molecule has 0 aromatic heterocycles. The Bertz CT molecular complexity index is 703. The van der Waals surface area contributed by atoms with Crippen LogP contribution >= 0.6 is 15.9 Å². The number of hydrogen-bond acceptors (Lipinski definition) is 4. The zero-order valence-corrected chi connectivity index (χ0v) is 22.2. The van der Waals surface area contributed by atoms with Crippen molar-refractivity contribution in [3.05, 3.63) is 59.7 Å². The van der Waals surface area contributed by atoms with E-state index in [1.807, 2.05) is 38.1 Å². The Labute approximate surface area is 203 Å². The predicted octanol–water partition coefficient (Wildman–Crippen LogP) is 7.91. The van der Waals surface area contributed by atoms with Gasteiger partial charge < -0.3 is 18.9 Å². The molecular formula is C27H41BrO4. The smallest absolute Gasteiger partial charge is 0.196 e. The minimum atomic E-state index is -0.181. The highest BCUT2D eigenvalue weighted by atomic mass is 79.9. The van der Waals surface area contributed by atoms with Crippen molar-refractivity contribution in [1.29, 1.82) is 0 Å². The Kier molecular flexibility index (Phi) is 15.1. The third kappa shape index (κ3) is 11.3. The molecule has 0 aliphatic heterocycles. The van der Waals surface area contributed by atoms with Gasteiger partial charge in [0.2, 0.25) is 0 Å². The van der Waals surface area contributed by atoms with Gasteiger partial charge in [0.25, 0.3) is 0 Å². The minimum absolute atomic E-state index is 0.181. The molecule has 0 saturated carbocycles. The summed E-state index contributed by atoms with van der Waals surface area (Å²) in [5.41, 5.74) is 2.72. The van der Waals surface area contributed by atoms with Crippen LogP contribution < -0.4 is 9.47 Å². The second-order valence-corrected chi connectivity index (χ2v) is 8.55. The number of halogens is 1. The van der Waals surface area contributed by atoms with Gasteiger partial charge in [0.05, 0.1) is 6.61 Å². The summed E-state index contributed by atoms with van der Waals surface area (Å²) >= 11 is 3.29. The summed E-state index contributed by atoms with van der Waals surface area (Å²) < 4.78 is 21.6. The zero-order valence-electron chi connectivity index (χ0n) is 20.6. The molecular weight excluding hydrogens is 468 g/mol. The second-order valence-electron chi connectivity index (χ2n) is 7.76. The summed E-state index contributed by atoms with van der Waals surface area (Å²) in [7, 11) is 0. The van der Waals surface area contributed by atoms with E-state index >= 15 is 0 Å². The Morgan fingerprint density at radius 3 is 1.69 bits per heavy atom. The molecule has 0 aliphatic rings. The summed E-state index contributed by atoms with van der Waals surface area (Å²) in [6.07, 6.45) is 2.14. The predicted molar refractivity (Wildman–Crippen MR) is 137 cm³/mol. The Hall–Kier alpha value is -1.56. The van der Waals surface area contributed by atoms with E-state index in [-0.39, 0.29) is 6.29 Å². The summed E-state index contributed by atoms with van der Waals surface area (Å²) in [6, 6.07) is 16.5. The highest BCUT2D eigenvalue weighted by molar-refractivity contribution is 9.09. The fourth-order valence-corrected chi connectivity index (χ4v) is 3.15. The van der Waals surface area contributed by atoms with E-state index in [9.17, 15) is 0 Å². The van der Waals surface area contributed by atoms with Crippen molar-refractivity contribution in [3.8, 4) is 11.5 Å². The maximum absolute atomic E-state index is 5.60. The van der Waals surface area contributed by atoms with E-state index < -0.39 is 0 Å². The maximum atomic E-state index is 5.60. The van der Waals surface area contributed by atoms with Crippen molar-refractivity contribution in [2.45, 2.75) is 72.5 Å². The first-order valence-electron chi connectivity index (χ1n) is 11.7. The van der Waals surface area contributed by atoms with Crippen LogP contribution in [0.3, 0.4) is 0 Å². The lowest BCUT2D eigenvalue weighted by atomic mass is 9.99. The van der Waals surface area contributed by atoms with Crippen molar-refractivity contribution in [2.75, 3.05) is 25.3 Å². The van der Waals surface area contributed by atoms with Crippen molar-refractivity contribution >= 4 is 15.9 Å². The molecule has 0 bridgehead atoms. The third-order valence-electron chi connectivity index (χ3n) is 5.36. The van der Waals surface area contributed by atoms with Gasteiger partial charge in [-0.05, 0) is 73.9 Å². The monoisotopic (exact) mass is 508 g/mol. The molecule has 0 aliphatic carbocycles. The van der Waals surface area contributed by atoms with Gasteiger partial charge >= 0.3 is 0 Å². The molecule has 0 spiro atoms. The lowest BCUT2D eigenvalue weighted by molar-refractivity contribution is -0.0613. The van der Waals surface area contributed by atoms with Crippen LogP contribution in [0.25, 0.3) is 0 Å². The average molecular weight is 510 g/mol. The van der Waals surface area contributed by atoms with Crippen LogP contribution in [0.5, 0.6) is 11.5 Å². The largest absolute Gasteiger partial charge is 0.468 e. The van der Waals surface area contributed by atoms with Crippen LogP contribution in [0.2, 0.25) is 0 Å². The van der Waals surface area contributed by atoms with E-state index in [0.717, 1.165) is 29.7 Å². The zero-order chi connectivity index (χ0) is 23.8. The lowest BCUT2D eigenvalue weighted by Crippen LogP contribution is -2.15. The first-order valence-corrected chi connectivity index (χ1v) is 12.8. The van der Waals surface area contributed by atoms with Gasteiger partial charge in [-0.1, -0.05) is 67.9 Å². The number of rotatable bonds is 13. The van der Waals surface area contributed by atoms with Gasteiger partial charge in [0.15, 0.2) is 13.1 Å². The number of hydrogen-bond donors (Lipinski definition) is 0.